The summed E-state index contributed by atoms with van der Waals surface area (Å²) in [6.45, 7) is 2.97. The molecule has 2 atom stereocenters. The lowest BCUT2D eigenvalue weighted by atomic mass is 10.2. The molecular formula is C10H17NO2S. The molecule has 1 heterocycles. The van der Waals surface area contributed by atoms with Crippen LogP contribution in [0, 0.1) is 0 Å². The second kappa shape index (κ2) is 6.14. The van der Waals surface area contributed by atoms with E-state index < -0.39 is 6.10 Å². The lowest BCUT2D eigenvalue weighted by molar-refractivity contribution is 0.145. The Balaban J connectivity index is 2.19. The van der Waals surface area contributed by atoms with Crippen molar-refractivity contribution in [1.29, 1.82) is 0 Å². The molecule has 1 rings (SSSR count). The number of hydrogen-bond donors (Lipinski definition) is 3. The van der Waals surface area contributed by atoms with Crippen molar-refractivity contribution in [2.75, 3.05) is 13.1 Å². The third kappa shape index (κ3) is 3.75. The molecule has 0 aliphatic heterocycles. The highest BCUT2D eigenvalue weighted by Gasteiger charge is 2.08. The van der Waals surface area contributed by atoms with E-state index in [9.17, 15) is 10.2 Å². The lowest BCUT2D eigenvalue weighted by Crippen LogP contribution is -2.29. The highest BCUT2D eigenvalue weighted by atomic mass is 32.1. The van der Waals surface area contributed by atoms with Gasteiger partial charge in [-0.2, -0.15) is 0 Å². The summed E-state index contributed by atoms with van der Waals surface area (Å²) in [7, 11) is 0. The molecule has 80 valence electrons. The van der Waals surface area contributed by atoms with Crippen molar-refractivity contribution >= 4 is 11.3 Å². The first-order valence-corrected chi connectivity index (χ1v) is 5.72. The average Bonchev–Trinajstić information content (AvgIpc) is 2.70. The Hall–Kier alpha value is -0.420. The van der Waals surface area contributed by atoms with Gasteiger partial charge < -0.3 is 15.5 Å². The molecule has 3 N–H and O–H groups in total. The summed E-state index contributed by atoms with van der Waals surface area (Å²) in [6, 6.07) is 3.83. The van der Waals surface area contributed by atoms with Crippen LogP contribution in [0.5, 0.6) is 0 Å². The predicted octanol–water partition coefficient (Wildman–Crippen LogP) is 1.14. The molecule has 14 heavy (non-hydrogen) atoms. The smallest absolute Gasteiger partial charge is 0.101 e. The zero-order chi connectivity index (χ0) is 10.4. The molecule has 0 bridgehead atoms. The number of hydrogen-bond acceptors (Lipinski definition) is 4. The van der Waals surface area contributed by atoms with E-state index in [1.165, 1.54) is 0 Å². The van der Waals surface area contributed by atoms with Crippen LogP contribution in [0.15, 0.2) is 17.5 Å². The molecule has 4 heteroatoms. The van der Waals surface area contributed by atoms with Gasteiger partial charge in [0.2, 0.25) is 0 Å². The van der Waals surface area contributed by atoms with E-state index in [2.05, 4.69) is 5.32 Å². The van der Waals surface area contributed by atoms with Gasteiger partial charge in [-0.15, -0.1) is 11.3 Å². The molecule has 0 aromatic carbocycles. The van der Waals surface area contributed by atoms with Crippen molar-refractivity contribution in [3.05, 3.63) is 22.4 Å². The van der Waals surface area contributed by atoms with Gasteiger partial charge in [-0.05, 0) is 17.9 Å². The van der Waals surface area contributed by atoms with Crippen molar-refractivity contribution in [2.24, 2.45) is 0 Å². The number of rotatable bonds is 6. The minimum Gasteiger partial charge on any atom is -0.392 e. The first-order valence-electron chi connectivity index (χ1n) is 4.84. The SMILES string of the molecule is CCC(O)CNCC(O)c1cccs1. The maximum Gasteiger partial charge on any atom is 0.101 e. The van der Waals surface area contributed by atoms with Crippen molar-refractivity contribution in [3.8, 4) is 0 Å². The first-order chi connectivity index (χ1) is 6.74. The van der Waals surface area contributed by atoms with E-state index in [1.54, 1.807) is 11.3 Å². The van der Waals surface area contributed by atoms with E-state index in [4.69, 9.17) is 0 Å². The topological polar surface area (TPSA) is 52.5 Å². The number of aliphatic hydroxyl groups is 2. The largest absolute Gasteiger partial charge is 0.392 e. The van der Waals surface area contributed by atoms with Crippen LogP contribution < -0.4 is 5.32 Å². The third-order valence-corrected chi connectivity index (χ3v) is 3.03. The summed E-state index contributed by atoms with van der Waals surface area (Å²) in [4.78, 5) is 0.962. The minimum atomic E-state index is -0.459. The zero-order valence-electron chi connectivity index (χ0n) is 8.31. The summed E-state index contributed by atoms with van der Waals surface area (Å²) in [6.07, 6.45) is -0.0353. The summed E-state index contributed by atoms with van der Waals surface area (Å²) in [5.74, 6) is 0. The average molecular weight is 215 g/mol. The van der Waals surface area contributed by atoms with Crippen LogP contribution in [0.1, 0.15) is 24.3 Å². The Morgan fingerprint density at radius 3 is 2.79 bits per heavy atom. The highest BCUT2D eigenvalue weighted by molar-refractivity contribution is 7.10. The van der Waals surface area contributed by atoms with Crippen LogP contribution in [-0.4, -0.2) is 29.4 Å². The van der Waals surface area contributed by atoms with Crippen molar-refractivity contribution in [2.45, 2.75) is 25.6 Å². The van der Waals surface area contributed by atoms with Crippen LogP contribution in [0.4, 0.5) is 0 Å². The second-order valence-electron chi connectivity index (χ2n) is 3.25. The summed E-state index contributed by atoms with van der Waals surface area (Å²) >= 11 is 1.54. The fraction of sp³-hybridized carbons (Fsp3) is 0.600. The maximum atomic E-state index is 9.66. The number of aliphatic hydroxyl groups excluding tert-OH is 2. The van der Waals surface area contributed by atoms with Crippen molar-refractivity contribution < 1.29 is 10.2 Å². The molecule has 3 nitrogen and oxygen atoms in total. The molecule has 1 aromatic rings. The predicted molar refractivity (Wildman–Crippen MR) is 58.4 cm³/mol. The molecule has 0 fully saturated rings. The summed E-state index contributed by atoms with van der Waals surface area (Å²) in [5, 5.41) is 23.9. The Morgan fingerprint density at radius 1 is 1.43 bits per heavy atom. The third-order valence-electron chi connectivity index (χ3n) is 2.06. The molecule has 0 saturated carbocycles. The van der Waals surface area contributed by atoms with Crippen LogP contribution in [-0.2, 0) is 0 Å². The molecule has 0 aliphatic rings. The minimum absolute atomic E-state index is 0.314. The maximum absolute atomic E-state index is 9.66. The lowest BCUT2D eigenvalue weighted by Gasteiger charge is -2.12. The van der Waals surface area contributed by atoms with E-state index in [0.29, 0.717) is 13.1 Å². The summed E-state index contributed by atoms with van der Waals surface area (Å²) in [5.41, 5.74) is 0. The first kappa shape index (κ1) is 11.7. The fourth-order valence-electron chi connectivity index (χ4n) is 1.11. The molecule has 2 unspecified atom stereocenters. The molecule has 0 saturated heterocycles. The molecule has 0 amide bonds. The fourth-order valence-corrected chi connectivity index (χ4v) is 1.82. The molecular weight excluding hydrogens is 198 g/mol. The van der Waals surface area contributed by atoms with Gasteiger partial charge in [0.05, 0.1) is 6.10 Å². The number of thiophene rings is 1. The normalized spacial score (nSPS) is 15.4. The van der Waals surface area contributed by atoms with Gasteiger partial charge >= 0.3 is 0 Å². The van der Waals surface area contributed by atoms with Gasteiger partial charge in [-0.25, -0.2) is 0 Å². The van der Waals surface area contributed by atoms with E-state index in [0.717, 1.165) is 11.3 Å². The van der Waals surface area contributed by atoms with Crippen LogP contribution in [0.3, 0.4) is 0 Å². The Labute approximate surface area is 88.4 Å². The zero-order valence-corrected chi connectivity index (χ0v) is 9.13. The van der Waals surface area contributed by atoms with Gasteiger partial charge in [0.15, 0.2) is 0 Å². The van der Waals surface area contributed by atoms with Gasteiger partial charge in [-0.3, -0.25) is 0 Å². The Kier molecular flexibility index (Phi) is 5.11. The van der Waals surface area contributed by atoms with E-state index in [1.807, 2.05) is 24.4 Å². The van der Waals surface area contributed by atoms with E-state index >= 15 is 0 Å². The summed E-state index contributed by atoms with van der Waals surface area (Å²) < 4.78 is 0. The molecule has 0 aliphatic carbocycles. The quantitative estimate of drug-likeness (QED) is 0.667. The van der Waals surface area contributed by atoms with Gasteiger partial charge in [-0.1, -0.05) is 13.0 Å². The van der Waals surface area contributed by atoms with Crippen LogP contribution in [0.2, 0.25) is 0 Å². The van der Waals surface area contributed by atoms with Crippen LogP contribution in [0.25, 0.3) is 0 Å². The van der Waals surface area contributed by atoms with Crippen molar-refractivity contribution in [3.63, 3.8) is 0 Å². The monoisotopic (exact) mass is 215 g/mol. The van der Waals surface area contributed by atoms with E-state index in [-0.39, 0.29) is 6.10 Å². The van der Waals surface area contributed by atoms with Gasteiger partial charge in [0, 0.05) is 18.0 Å². The van der Waals surface area contributed by atoms with Gasteiger partial charge in [0.1, 0.15) is 6.10 Å². The van der Waals surface area contributed by atoms with Gasteiger partial charge in [0.25, 0.3) is 0 Å². The Bertz CT molecular complexity index is 238. The highest BCUT2D eigenvalue weighted by Crippen LogP contribution is 2.17. The standard InChI is InChI=1S/C10H17NO2S/c1-2-8(12)6-11-7-9(13)10-4-3-5-14-10/h3-5,8-9,11-13H,2,6-7H2,1H3. The Morgan fingerprint density at radius 2 is 2.21 bits per heavy atom. The number of nitrogens with one attached hydrogen (secondary N) is 1. The van der Waals surface area contributed by atoms with Crippen molar-refractivity contribution in [1.82, 2.24) is 5.32 Å². The molecule has 0 spiro atoms. The second-order valence-corrected chi connectivity index (χ2v) is 4.23. The molecule has 1 aromatic heterocycles. The molecule has 0 radical (unpaired) electrons. The van der Waals surface area contributed by atoms with Crippen LogP contribution >= 0.6 is 11.3 Å².